The van der Waals surface area contributed by atoms with Gasteiger partial charge in [0, 0.05) is 101 Å². The third-order valence-corrected chi connectivity index (χ3v) is 17.1. The van der Waals surface area contributed by atoms with Crippen LogP contribution in [0.1, 0.15) is 44.5 Å². The second-order valence-corrected chi connectivity index (χ2v) is 23.4. The summed E-state index contributed by atoms with van der Waals surface area (Å²) in [6, 6.07) is 130. The molecule has 0 aliphatic carbocycles. The van der Waals surface area contributed by atoms with E-state index in [0.29, 0.717) is 0 Å². The Morgan fingerprint density at radius 1 is 0.153 bits per heavy atom. The van der Waals surface area contributed by atoms with Crippen LogP contribution in [0.2, 0.25) is 0 Å². The number of anilines is 12. The van der Waals surface area contributed by atoms with Crippen LogP contribution in [0.15, 0.2) is 376 Å². The fourth-order valence-corrected chi connectivity index (χ4v) is 12.6. The zero-order chi connectivity index (χ0) is 65.7. The molecule has 0 aliphatic heterocycles. The van der Waals surface area contributed by atoms with E-state index in [9.17, 15) is 0 Å². The van der Waals surface area contributed by atoms with Gasteiger partial charge in [-0.2, -0.15) is 0 Å². The number of rotatable bonds is 12. The topological polar surface area (TPSA) is 13.0 Å². The van der Waals surface area contributed by atoms with E-state index in [2.05, 4.69) is 419 Å². The minimum atomic E-state index is 0.826. The summed E-state index contributed by atoms with van der Waals surface area (Å²) in [7, 11) is 0. The van der Waals surface area contributed by atoms with Gasteiger partial charge in [0.2, 0.25) is 0 Å². The molecule has 15 aromatic rings. The van der Waals surface area contributed by atoms with Gasteiger partial charge in [-0.25, -0.2) is 0 Å². The zero-order valence-corrected chi connectivity index (χ0v) is 53.6. The average molecular weight is 1250 g/mol. The molecule has 0 N–H and O–H groups in total. The molecular weight excluding hydrogens is 1190 g/mol. The number of benzene rings is 15. The fraction of sp³-hybridized carbons (Fsp3) is 0. The Morgan fingerprint density at radius 2 is 0.347 bits per heavy atom. The highest BCUT2D eigenvalue weighted by molar-refractivity contribution is 6.11. The zero-order valence-electron chi connectivity index (χ0n) is 53.6. The van der Waals surface area contributed by atoms with Gasteiger partial charge in [-0.05, 0) is 181 Å². The number of hydrogen-bond donors (Lipinski definition) is 0. The molecule has 458 valence electrons. The molecule has 15 rings (SSSR count). The van der Waals surface area contributed by atoms with E-state index in [1.54, 1.807) is 0 Å². The van der Waals surface area contributed by atoms with E-state index < -0.39 is 0 Å². The van der Waals surface area contributed by atoms with E-state index in [1.807, 2.05) is 24.3 Å². The summed E-state index contributed by atoms with van der Waals surface area (Å²) >= 11 is 0. The van der Waals surface area contributed by atoms with Crippen molar-refractivity contribution in [2.75, 3.05) is 19.6 Å². The highest BCUT2D eigenvalue weighted by Crippen LogP contribution is 2.42. The third kappa shape index (κ3) is 13.0. The lowest BCUT2D eigenvalue weighted by Crippen LogP contribution is -2.11. The van der Waals surface area contributed by atoms with E-state index in [4.69, 9.17) is 0 Å². The van der Waals surface area contributed by atoms with Gasteiger partial charge >= 0.3 is 0 Å². The third-order valence-electron chi connectivity index (χ3n) is 17.1. The summed E-state index contributed by atoms with van der Waals surface area (Å²) in [5, 5.41) is 3.70. The monoisotopic (exact) mass is 1250 g/mol. The smallest absolute Gasteiger partial charge is 0.0618 e. The minimum absolute atomic E-state index is 0.826. The van der Waals surface area contributed by atoms with E-state index in [-0.39, 0.29) is 0 Å². The molecule has 0 bridgehead atoms. The van der Waals surface area contributed by atoms with Crippen molar-refractivity contribution < 1.29 is 0 Å². The second-order valence-electron chi connectivity index (χ2n) is 23.4. The maximum absolute atomic E-state index is 3.87. The van der Waals surface area contributed by atoms with Crippen LogP contribution in [0, 0.1) is 47.4 Å². The van der Waals surface area contributed by atoms with Crippen LogP contribution in [-0.4, -0.2) is 0 Å². The molecule has 0 saturated heterocycles. The van der Waals surface area contributed by atoms with Crippen molar-refractivity contribution in [2.45, 2.75) is 0 Å². The Hall–Kier alpha value is -13.7. The molecule has 0 atom stereocenters. The quantitative estimate of drug-likeness (QED) is 0.0893. The Kier molecular flexibility index (Phi) is 17.7. The first kappa shape index (κ1) is 60.5. The first-order chi connectivity index (χ1) is 48.7. The van der Waals surface area contributed by atoms with Crippen LogP contribution in [-0.2, 0) is 0 Å². The second kappa shape index (κ2) is 28.6. The first-order valence-corrected chi connectivity index (χ1v) is 32.8. The van der Waals surface area contributed by atoms with Crippen LogP contribution in [0.4, 0.5) is 68.2 Å². The lowest BCUT2D eigenvalue weighted by atomic mass is 9.89. The van der Waals surface area contributed by atoms with Gasteiger partial charge in [0.25, 0.3) is 0 Å². The van der Waals surface area contributed by atoms with Gasteiger partial charge < -0.3 is 19.6 Å². The number of nitrogens with zero attached hydrogens (tertiary/aromatic N) is 4. The van der Waals surface area contributed by atoms with Crippen LogP contribution in [0.5, 0.6) is 0 Å². The SMILES string of the molecule is C(#Cc1ccccc1N(c1ccccc1)c1ccccc1)c1ccc2c(C#Cc3ccccc3N(c3ccccc3)c3ccccc3)c3cc(C#Cc4ccccc4N(c4ccccc4)c4ccccc4)ccc3c(C#Cc3ccccc3N(c3ccccc3)c3ccccc3)c2c1. The Balaban J connectivity index is 0.962. The molecule has 98 heavy (non-hydrogen) atoms. The van der Waals surface area contributed by atoms with Gasteiger partial charge in [-0.3, -0.25) is 0 Å². The normalized spacial score (nSPS) is 10.5. The molecule has 0 heterocycles. The van der Waals surface area contributed by atoms with Gasteiger partial charge in [0.15, 0.2) is 0 Å². The van der Waals surface area contributed by atoms with Crippen molar-refractivity contribution in [1.82, 2.24) is 0 Å². The summed E-state index contributed by atoms with van der Waals surface area (Å²) in [5.74, 6) is 30.0. The maximum atomic E-state index is 3.87. The lowest BCUT2D eigenvalue weighted by Gasteiger charge is -2.26. The summed E-state index contributed by atoms with van der Waals surface area (Å²) < 4.78 is 0. The molecule has 0 aliphatic rings. The minimum Gasteiger partial charge on any atom is -0.309 e. The molecule has 0 spiro atoms. The molecule has 4 heteroatoms. The molecule has 0 fully saturated rings. The predicted molar refractivity (Wildman–Crippen MR) is 410 cm³/mol. The van der Waals surface area contributed by atoms with Crippen LogP contribution >= 0.6 is 0 Å². The van der Waals surface area contributed by atoms with E-state index in [1.165, 1.54) is 0 Å². The van der Waals surface area contributed by atoms with Crippen molar-refractivity contribution >= 4 is 89.8 Å². The van der Waals surface area contributed by atoms with E-state index >= 15 is 0 Å². The predicted octanol–water partition coefficient (Wildman–Crippen LogP) is 23.5. The molecule has 0 unspecified atom stereocenters. The number of para-hydroxylation sites is 12. The van der Waals surface area contributed by atoms with Gasteiger partial charge in [-0.15, -0.1) is 0 Å². The number of fused-ring (bicyclic) bond motifs is 2. The van der Waals surface area contributed by atoms with Crippen molar-refractivity contribution in [3.8, 4) is 47.4 Å². The van der Waals surface area contributed by atoms with Gasteiger partial charge in [0.1, 0.15) is 0 Å². The number of hydrogen-bond acceptors (Lipinski definition) is 4. The van der Waals surface area contributed by atoms with Gasteiger partial charge in [0.05, 0.1) is 22.7 Å². The summed E-state index contributed by atoms with van der Waals surface area (Å²) in [6.07, 6.45) is 0. The maximum Gasteiger partial charge on any atom is 0.0618 e. The largest absolute Gasteiger partial charge is 0.309 e. The van der Waals surface area contributed by atoms with Gasteiger partial charge in [-0.1, -0.05) is 254 Å². The molecule has 0 aromatic heterocycles. The average Bonchev–Trinajstić information content (AvgIpc) is 0.746. The fourth-order valence-electron chi connectivity index (χ4n) is 12.6. The van der Waals surface area contributed by atoms with Crippen molar-refractivity contribution in [1.29, 1.82) is 0 Å². The lowest BCUT2D eigenvalue weighted by molar-refractivity contribution is 1.27. The van der Waals surface area contributed by atoms with Crippen LogP contribution in [0.25, 0.3) is 21.5 Å². The first-order valence-electron chi connectivity index (χ1n) is 32.8. The summed E-state index contributed by atoms with van der Waals surface area (Å²) in [4.78, 5) is 9.08. The molecule has 4 nitrogen and oxygen atoms in total. The molecular formula is C94H62N4. The molecule has 0 radical (unpaired) electrons. The summed E-state index contributed by atoms with van der Waals surface area (Å²) in [6.45, 7) is 0. The van der Waals surface area contributed by atoms with Crippen LogP contribution in [0.3, 0.4) is 0 Å². The summed E-state index contributed by atoms with van der Waals surface area (Å²) in [5.41, 5.74) is 18.9. The Bertz CT molecular complexity index is 5070. The highest BCUT2D eigenvalue weighted by atomic mass is 15.2. The van der Waals surface area contributed by atoms with Crippen molar-refractivity contribution in [3.05, 3.63) is 421 Å². The molecule has 0 amide bonds. The molecule has 0 saturated carbocycles. The molecule has 15 aromatic carbocycles. The van der Waals surface area contributed by atoms with E-state index in [0.717, 1.165) is 134 Å². The Labute approximate surface area is 573 Å². The van der Waals surface area contributed by atoms with Crippen molar-refractivity contribution in [2.24, 2.45) is 0 Å². The Morgan fingerprint density at radius 3 is 0.571 bits per heavy atom. The standard InChI is InChI=1S/C94H62N4/c1-9-37-77(38-10-1)95(78-39-11-2-12-40-78)91-53-29-25-33-73(91)61-57-71-59-65-85-88(68-64-76-36-28-32-56-94(76)98(83-49-21-7-22-50-83)84-51-23-8-24-52-84)90-70-72(58-62-74-34-26-30-54-92(74)96(79-41-13-3-14-42-79)80-43-15-4-16-44-80)60-66-86(90)87(89(85)69-71)67-63-75-35-27-31-55-93(75)97(81-45-17-5-18-46-81)82-47-19-6-20-48-82/h1-56,59-60,65-66,69-70H. The van der Waals surface area contributed by atoms with Crippen LogP contribution < -0.4 is 19.6 Å². The van der Waals surface area contributed by atoms with Crippen molar-refractivity contribution in [3.63, 3.8) is 0 Å². The highest BCUT2D eigenvalue weighted by Gasteiger charge is 2.21.